The molecule has 2 rings (SSSR count). The molecular formula is C14H18BrNO3. The highest BCUT2D eigenvalue weighted by atomic mass is 79.9. The van der Waals surface area contributed by atoms with Gasteiger partial charge in [-0.15, -0.1) is 0 Å². The molecule has 1 aromatic carbocycles. The number of aliphatic hydroxyl groups is 1. The third kappa shape index (κ3) is 3.48. The summed E-state index contributed by atoms with van der Waals surface area (Å²) in [6, 6.07) is 5.66. The Morgan fingerprint density at radius 1 is 1.63 bits per heavy atom. The Labute approximate surface area is 121 Å². The first-order valence-electron chi connectivity index (χ1n) is 6.49. The fourth-order valence-electron chi connectivity index (χ4n) is 2.18. The normalized spacial score (nSPS) is 18.6. The van der Waals surface area contributed by atoms with Gasteiger partial charge in [0.15, 0.2) is 0 Å². The molecule has 1 aliphatic rings. The molecule has 19 heavy (non-hydrogen) atoms. The second-order valence-electron chi connectivity index (χ2n) is 4.73. The van der Waals surface area contributed by atoms with Crippen LogP contribution in [0, 0.1) is 0 Å². The van der Waals surface area contributed by atoms with Crippen LogP contribution in [-0.2, 0) is 4.79 Å². The molecule has 1 aliphatic heterocycles. The van der Waals surface area contributed by atoms with Gasteiger partial charge in [0.05, 0.1) is 6.10 Å². The lowest BCUT2D eigenvalue weighted by Crippen LogP contribution is -2.36. The number of ether oxygens (including phenoxy) is 1. The first-order chi connectivity index (χ1) is 9.11. The highest BCUT2D eigenvalue weighted by molar-refractivity contribution is 9.10. The van der Waals surface area contributed by atoms with Crippen molar-refractivity contribution in [1.82, 2.24) is 5.32 Å². The SMILES string of the molecule is CCCC(O)CNC(=O)C1COc2ccc(Br)cc21. The van der Waals surface area contributed by atoms with Gasteiger partial charge in [0.2, 0.25) is 5.91 Å². The number of aliphatic hydroxyl groups excluding tert-OH is 1. The van der Waals surface area contributed by atoms with Crippen molar-refractivity contribution in [2.75, 3.05) is 13.2 Å². The van der Waals surface area contributed by atoms with Crippen LogP contribution in [0.15, 0.2) is 22.7 Å². The van der Waals surface area contributed by atoms with E-state index in [1.54, 1.807) is 0 Å². The molecule has 1 heterocycles. The molecule has 0 radical (unpaired) electrons. The topological polar surface area (TPSA) is 58.6 Å². The summed E-state index contributed by atoms with van der Waals surface area (Å²) in [5, 5.41) is 12.4. The minimum atomic E-state index is -0.474. The maximum Gasteiger partial charge on any atom is 0.231 e. The van der Waals surface area contributed by atoms with Gasteiger partial charge in [-0.1, -0.05) is 29.3 Å². The van der Waals surface area contributed by atoms with E-state index in [1.165, 1.54) is 0 Å². The number of benzene rings is 1. The van der Waals surface area contributed by atoms with Crippen molar-refractivity contribution in [2.45, 2.75) is 31.8 Å². The molecule has 0 bridgehead atoms. The summed E-state index contributed by atoms with van der Waals surface area (Å²) in [7, 11) is 0. The van der Waals surface area contributed by atoms with Crippen molar-refractivity contribution in [1.29, 1.82) is 0 Å². The first kappa shape index (κ1) is 14.3. The Morgan fingerprint density at radius 3 is 3.16 bits per heavy atom. The van der Waals surface area contributed by atoms with Gasteiger partial charge < -0.3 is 15.2 Å². The van der Waals surface area contributed by atoms with Crippen LogP contribution in [-0.4, -0.2) is 30.3 Å². The van der Waals surface area contributed by atoms with Crippen LogP contribution in [0.2, 0.25) is 0 Å². The Bertz CT molecular complexity index is 464. The van der Waals surface area contributed by atoms with Crippen LogP contribution >= 0.6 is 15.9 Å². The number of fused-ring (bicyclic) bond motifs is 1. The summed E-state index contributed by atoms with van der Waals surface area (Å²) >= 11 is 3.40. The van der Waals surface area contributed by atoms with Crippen molar-refractivity contribution in [3.8, 4) is 5.75 Å². The standard InChI is InChI=1S/C14H18BrNO3/c1-2-3-10(17)7-16-14(18)12-8-19-13-5-4-9(15)6-11(12)13/h4-6,10,12,17H,2-3,7-8H2,1H3,(H,16,18). The molecule has 2 unspecified atom stereocenters. The molecule has 0 spiro atoms. The number of carbonyl (C=O) groups excluding carboxylic acids is 1. The van der Waals surface area contributed by atoms with Gasteiger partial charge in [-0.25, -0.2) is 0 Å². The van der Waals surface area contributed by atoms with Gasteiger partial charge >= 0.3 is 0 Å². The third-order valence-electron chi connectivity index (χ3n) is 3.20. The van der Waals surface area contributed by atoms with Crippen molar-refractivity contribution < 1.29 is 14.6 Å². The van der Waals surface area contributed by atoms with E-state index in [4.69, 9.17) is 4.74 Å². The minimum absolute atomic E-state index is 0.0907. The van der Waals surface area contributed by atoms with Crippen LogP contribution in [0.5, 0.6) is 5.75 Å². The van der Waals surface area contributed by atoms with Gasteiger partial charge in [0.1, 0.15) is 18.3 Å². The van der Waals surface area contributed by atoms with E-state index >= 15 is 0 Å². The summed E-state index contributed by atoms with van der Waals surface area (Å²) in [6.07, 6.45) is 1.13. The lowest BCUT2D eigenvalue weighted by atomic mass is 10.0. The van der Waals surface area contributed by atoms with Crippen molar-refractivity contribution >= 4 is 21.8 Å². The van der Waals surface area contributed by atoms with Crippen LogP contribution in [0.3, 0.4) is 0 Å². The van der Waals surface area contributed by atoms with Crippen LogP contribution in [0.25, 0.3) is 0 Å². The maximum absolute atomic E-state index is 12.1. The summed E-state index contributed by atoms with van der Waals surface area (Å²) in [6.45, 7) is 2.66. The average molecular weight is 328 g/mol. The van der Waals surface area contributed by atoms with E-state index in [0.29, 0.717) is 19.6 Å². The number of nitrogens with one attached hydrogen (secondary N) is 1. The van der Waals surface area contributed by atoms with Gasteiger partial charge in [-0.05, 0) is 24.6 Å². The van der Waals surface area contributed by atoms with E-state index in [9.17, 15) is 9.90 Å². The number of carbonyl (C=O) groups is 1. The van der Waals surface area contributed by atoms with Crippen molar-refractivity contribution in [3.05, 3.63) is 28.2 Å². The van der Waals surface area contributed by atoms with Gasteiger partial charge in [0.25, 0.3) is 0 Å². The van der Waals surface area contributed by atoms with Crippen LogP contribution < -0.4 is 10.1 Å². The Hall–Kier alpha value is -1.07. The largest absolute Gasteiger partial charge is 0.492 e. The Morgan fingerprint density at radius 2 is 2.42 bits per heavy atom. The molecule has 0 saturated carbocycles. The van der Waals surface area contributed by atoms with E-state index in [-0.39, 0.29) is 11.8 Å². The lowest BCUT2D eigenvalue weighted by Gasteiger charge is -2.13. The zero-order valence-electron chi connectivity index (χ0n) is 10.9. The average Bonchev–Trinajstić information content (AvgIpc) is 2.79. The first-order valence-corrected chi connectivity index (χ1v) is 7.29. The predicted octanol–water partition coefficient (Wildman–Crippen LogP) is 2.20. The molecular weight excluding hydrogens is 310 g/mol. The maximum atomic E-state index is 12.1. The number of hydrogen-bond donors (Lipinski definition) is 2. The second-order valence-corrected chi connectivity index (χ2v) is 5.65. The zero-order chi connectivity index (χ0) is 13.8. The number of rotatable bonds is 5. The lowest BCUT2D eigenvalue weighted by molar-refractivity contribution is -0.123. The summed E-state index contributed by atoms with van der Waals surface area (Å²) in [4.78, 5) is 12.1. The zero-order valence-corrected chi connectivity index (χ0v) is 12.4. The molecule has 5 heteroatoms. The number of amides is 1. The van der Waals surface area contributed by atoms with E-state index < -0.39 is 6.10 Å². The fourth-order valence-corrected chi connectivity index (χ4v) is 2.56. The number of halogens is 1. The summed E-state index contributed by atoms with van der Waals surface area (Å²) in [5.74, 6) is 0.380. The Balaban J connectivity index is 1.97. The minimum Gasteiger partial charge on any atom is -0.492 e. The van der Waals surface area contributed by atoms with E-state index in [0.717, 1.165) is 22.2 Å². The highest BCUT2D eigenvalue weighted by Crippen LogP contribution is 2.35. The molecule has 4 nitrogen and oxygen atoms in total. The summed E-state index contributed by atoms with van der Waals surface area (Å²) < 4.78 is 6.43. The Kier molecular flexibility index (Phi) is 4.82. The smallest absolute Gasteiger partial charge is 0.231 e. The van der Waals surface area contributed by atoms with Gasteiger partial charge in [-0.2, -0.15) is 0 Å². The van der Waals surface area contributed by atoms with Crippen LogP contribution in [0.1, 0.15) is 31.2 Å². The molecule has 0 fully saturated rings. The monoisotopic (exact) mass is 327 g/mol. The molecule has 1 aromatic rings. The second kappa shape index (κ2) is 6.39. The molecule has 1 amide bonds. The van der Waals surface area contributed by atoms with E-state index in [2.05, 4.69) is 21.2 Å². The fraction of sp³-hybridized carbons (Fsp3) is 0.500. The van der Waals surface area contributed by atoms with Gasteiger partial charge in [0, 0.05) is 16.6 Å². The molecule has 0 aromatic heterocycles. The van der Waals surface area contributed by atoms with Gasteiger partial charge in [-0.3, -0.25) is 4.79 Å². The van der Waals surface area contributed by atoms with Crippen LogP contribution in [0.4, 0.5) is 0 Å². The predicted molar refractivity (Wildman–Crippen MR) is 76.3 cm³/mol. The highest BCUT2D eigenvalue weighted by Gasteiger charge is 2.30. The summed E-state index contributed by atoms with van der Waals surface area (Å²) in [5.41, 5.74) is 0.900. The van der Waals surface area contributed by atoms with Crippen molar-refractivity contribution in [3.63, 3.8) is 0 Å². The molecule has 2 atom stereocenters. The molecule has 0 aliphatic carbocycles. The van der Waals surface area contributed by atoms with E-state index in [1.807, 2.05) is 25.1 Å². The molecule has 2 N–H and O–H groups in total. The quantitative estimate of drug-likeness (QED) is 0.871. The molecule has 0 saturated heterocycles. The van der Waals surface area contributed by atoms with Crippen molar-refractivity contribution in [2.24, 2.45) is 0 Å². The molecule has 104 valence electrons. The number of hydrogen-bond acceptors (Lipinski definition) is 3. The third-order valence-corrected chi connectivity index (χ3v) is 3.70.